The van der Waals surface area contributed by atoms with Crippen LogP contribution in [0.25, 0.3) is 11.8 Å². The highest BCUT2D eigenvalue weighted by Crippen LogP contribution is 2.32. The van der Waals surface area contributed by atoms with Crippen molar-refractivity contribution in [3.8, 4) is 5.69 Å². The Morgan fingerprint density at radius 3 is 2.35 bits per heavy atom. The summed E-state index contributed by atoms with van der Waals surface area (Å²) in [5.74, 6) is 0.381. The Morgan fingerprint density at radius 1 is 1.06 bits per heavy atom. The van der Waals surface area contributed by atoms with Crippen molar-refractivity contribution in [1.82, 2.24) is 9.58 Å². The molecular weight excluding hydrogens is 406 g/mol. The second kappa shape index (κ2) is 7.96. The molecule has 0 saturated heterocycles. The normalized spacial score (nSPS) is 17.7. The molecule has 0 fully saturated rings. The van der Waals surface area contributed by atoms with E-state index in [0.29, 0.717) is 11.1 Å². The van der Waals surface area contributed by atoms with Crippen LogP contribution < -0.4 is 0 Å². The van der Waals surface area contributed by atoms with E-state index in [4.69, 9.17) is 5.41 Å². The summed E-state index contributed by atoms with van der Waals surface area (Å²) in [5, 5.41) is 15.9. The molecule has 0 aliphatic carbocycles. The number of benzene rings is 1. The van der Waals surface area contributed by atoms with E-state index in [1.807, 2.05) is 33.8 Å². The minimum Gasteiger partial charge on any atom is -0.318 e. The number of rotatable bonds is 4. The summed E-state index contributed by atoms with van der Waals surface area (Å²) < 4.78 is 2.17. The molecule has 7 heteroatoms. The van der Waals surface area contributed by atoms with Crippen LogP contribution in [0.1, 0.15) is 56.1 Å². The lowest BCUT2D eigenvalue weighted by molar-refractivity contribution is -0.114. The number of aliphatic imine (C=N–C) groups is 1. The monoisotopic (exact) mass is 433 g/mol. The van der Waals surface area contributed by atoms with E-state index in [1.54, 1.807) is 6.08 Å². The number of aromatic nitrogens is 1. The molecule has 4 rings (SSSR count). The molecule has 1 amide bonds. The van der Waals surface area contributed by atoms with E-state index < -0.39 is 5.91 Å². The van der Waals surface area contributed by atoms with Gasteiger partial charge < -0.3 is 4.57 Å². The van der Waals surface area contributed by atoms with Gasteiger partial charge in [0.2, 0.25) is 5.17 Å². The van der Waals surface area contributed by atoms with E-state index in [-0.39, 0.29) is 17.3 Å². The third-order valence-corrected chi connectivity index (χ3v) is 6.76. The summed E-state index contributed by atoms with van der Waals surface area (Å²) in [4.78, 5) is 16.9. The zero-order valence-corrected chi connectivity index (χ0v) is 19.5. The van der Waals surface area contributed by atoms with Gasteiger partial charge in [0.15, 0.2) is 5.84 Å². The molecule has 0 spiro atoms. The summed E-state index contributed by atoms with van der Waals surface area (Å²) in [7, 11) is 0. The Bertz CT molecular complexity index is 1170. The SMILES string of the molecule is Cc1cc(/C=C2/C(=N)N3N=C(C(C)C)SC3=NC2=O)c(C)n1-c1ccc(C(C)C)cc1. The van der Waals surface area contributed by atoms with Gasteiger partial charge in [-0.25, -0.2) is 0 Å². The Balaban J connectivity index is 1.71. The smallest absolute Gasteiger partial charge is 0.283 e. The standard InChI is InChI=1S/C24H27N5OS/c1-13(2)17-7-9-19(10-8-17)28-15(5)11-18(16(28)6)12-20-21(25)29-24(26-22(20)30)31-23(27-29)14(3)4/h7-14,25H,1-6H3/b20-12-,25-21?. The maximum absolute atomic E-state index is 12.7. The third kappa shape index (κ3) is 3.78. The molecule has 2 aromatic rings. The first-order chi connectivity index (χ1) is 14.7. The number of aryl methyl sites for hydroxylation is 1. The largest absolute Gasteiger partial charge is 0.318 e. The van der Waals surface area contributed by atoms with Gasteiger partial charge >= 0.3 is 0 Å². The number of fused-ring (bicyclic) bond motifs is 1. The molecule has 160 valence electrons. The van der Waals surface area contributed by atoms with Crippen molar-refractivity contribution in [1.29, 1.82) is 5.41 Å². The number of nitrogens with zero attached hydrogens (tertiary/aromatic N) is 4. The summed E-state index contributed by atoms with van der Waals surface area (Å²) in [6, 6.07) is 10.6. The maximum atomic E-state index is 12.7. The highest BCUT2D eigenvalue weighted by molar-refractivity contribution is 8.27. The Kier molecular flexibility index (Phi) is 5.47. The second-order valence-electron chi connectivity index (χ2n) is 8.52. The number of amidine groups is 2. The number of amides is 1. The molecule has 1 aromatic carbocycles. The van der Waals surface area contributed by atoms with Crippen molar-refractivity contribution in [2.75, 3.05) is 0 Å². The van der Waals surface area contributed by atoms with Crippen molar-refractivity contribution < 1.29 is 4.79 Å². The number of carbonyl (C=O) groups is 1. The molecular formula is C24H27N5OS. The fourth-order valence-corrected chi connectivity index (χ4v) is 4.63. The third-order valence-electron chi connectivity index (χ3n) is 5.55. The number of nitrogens with one attached hydrogen (secondary N) is 1. The average Bonchev–Trinajstić information content (AvgIpc) is 3.26. The van der Waals surface area contributed by atoms with Crippen LogP contribution in [0.3, 0.4) is 0 Å². The van der Waals surface area contributed by atoms with Crippen LogP contribution in [0.4, 0.5) is 0 Å². The van der Waals surface area contributed by atoms with Gasteiger partial charge in [0, 0.05) is 23.0 Å². The van der Waals surface area contributed by atoms with Gasteiger partial charge in [-0.05, 0) is 66.9 Å². The predicted molar refractivity (Wildman–Crippen MR) is 129 cm³/mol. The minimum absolute atomic E-state index is 0.0734. The summed E-state index contributed by atoms with van der Waals surface area (Å²) in [5.41, 5.74) is 5.62. The average molecular weight is 434 g/mol. The number of hydrogen-bond acceptors (Lipinski definition) is 4. The van der Waals surface area contributed by atoms with E-state index in [9.17, 15) is 4.79 Å². The molecule has 0 atom stereocenters. The molecule has 0 radical (unpaired) electrons. The van der Waals surface area contributed by atoms with E-state index in [2.05, 4.69) is 52.8 Å². The van der Waals surface area contributed by atoms with Gasteiger partial charge in [-0.2, -0.15) is 15.1 Å². The molecule has 0 unspecified atom stereocenters. The molecule has 1 aromatic heterocycles. The number of carbonyl (C=O) groups excluding carboxylic acids is 1. The molecule has 0 bridgehead atoms. The fourth-order valence-electron chi connectivity index (χ4n) is 3.74. The van der Waals surface area contributed by atoms with Crippen molar-refractivity contribution in [3.05, 3.63) is 58.4 Å². The first-order valence-electron chi connectivity index (χ1n) is 10.5. The van der Waals surface area contributed by atoms with E-state index in [0.717, 1.165) is 27.7 Å². The Labute approximate surface area is 187 Å². The lowest BCUT2D eigenvalue weighted by Crippen LogP contribution is -2.35. The molecule has 2 aliphatic heterocycles. The van der Waals surface area contributed by atoms with Crippen molar-refractivity contribution in [3.63, 3.8) is 0 Å². The highest BCUT2D eigenvalue weighted by Gasteiger charge is 2.36. The van der Waals surface area contributed by atoms with Crippen LogP contribution in [-0.4, -0.2) is 31.5 Å². The van der Waals surface area contributed by atoms with E-state index in [1.165, 1.54) is 22.3 Å². The summed E-state index contributed by atoms with van der Waals surface area (Å²) in [6.07, 6.45) is 1.76. The minimum atomic E-state index is -0.393. The zero-order chi connectivity index (χ0) is 22.4. The van der Waals surface area contributed by atoms with Gasteiger partial charge in [-0.3, -0.25) is 10.2 Å². The lowest BCUT2D eigenvalue weighted by Gasteiger charge is -2.20. The maximum Gasteiger partial charge on any atom is 0.283 e. The van der Waals surface area contributed by atoms with Crippen LogP contribution in [0.15, 0.2) is 46.0 Å². The quantitative estimate of drug-likeness (QED) is 0.648. The Hall–Kier alpha value is -2.93. The molecule has 31 heavy (non-hydrogen) atoms. The summed E-state index contributed by atoms with van der Waals surface area (Å²) in [6.45, 7) is 12.5. The highest BCUT2D eigenvalue weighted by atomic mass is 32.2. The Morgan fingerprint density at radius 2 is 1.74 bits per heavy atom. The van der Waals surface area contributed by atoms with Crippen LogP contribution in [0.5, 0.6) is 0 Å². The van der Waals surface area contributed by atoms with Crippen LogP contribution in [0, 0.1) is 25.2 Å². The van der Waals surface area contributed by atoms with Gasteiger partial charge in [0.05, 0.1) is 5.57 Å². The molecule has 6 nitrogen and oxygen atoms in total. The zero-order valence-electron chi connectivity index (χ0n) is 18.7. The number of hydrazone groups is 1. The fraction of sp³-hybridized carbons (Fsp3) is 0.333. The molecule has 1 N–H and O–H groups in total. The van der Waals surface area contributed by atoms with Crippen molar-refractivity contribution in [2.45, 2.75) is 47.5 Å². The van der Waals surface area contributed by atoms with Gasteiger partial charge in [0.1, 0.15) is 5.04 Å². The predicted octanol–water partition coefficient (Wildman–Crippen LogP) is 5.49. The van der Waals surface area contributed by atoms with Crippen LogP contribution in [0.2, 0.25) is 0 Å². The second-order valence-corrected chi connectivity index (χ2v) is 9.51. The first kappa shape index (κ1) is 21.3. The van der Waals surface area contributed by atoms with Crippen molar-refractivity contribution >= 4 is 39.8 Å². The van der Waals surface area contributed by atoms with Crippen LogP contribution in [-0.2, 0) is 4.79 Å². The van der Waals surface area contributed by atoms with Gasteiger partial charge in [0.25, 0.3) is 5.91 Å². The van der Waals surface area contributed by atoms with E-state index >= 15 is 0 Å². The van der Waals surface area contributed by atoms with Gasteiger partial charge in [-0.15, -0.1) is 0 Å². The van der Waals surface area contributed by atoms with Gasteiger partial charge in [-0.1, -0.05) is 39.8 Å². The number of hydrogen-bond donors (Lipinski definition) is 1. The van der Waals surface area contributed by atoms with Crippen LogP contribution >= 0.6 is 11.8 Å². The lowest BCUT2D eigenvalue weighted by atomic mass is 10.0. The summed E-state index contributed by atoms with van der Waals surface area (Å²) >= 11 is 1.36. The topological polar surface area (TPSA) is 73.8 Å². The van der Waals surface area contributed by atoms with Crippen molar-refractivity contribution in [2.24, 2.45) is 16.0 Å². The molecule has 3 heterocycles. The molecule has 2 aliphatic rings. The molecule has 0 saturated carbocycles. The number of thioether (sulfide) groups is 1. The first-order valence-corrected chi connectivity index (χ1v) is 11.3.